The number of rotatable bonds is 3. The standard InChI is InChI=1S/C25H30O8/c1-30-24-20(28)14-21(29)25(33-24)32-22-11-6-16-3-8-18(27)13-17(26)7-2-15-4-9-19(10-5-15)31-23(22)12-16/h4-6,9-12,18,20-21,24-25,27-29H,2-3,7-8,13-14H2,1H3/t18?,20-,21+,24?,25-/m1/s1. The van der Waals surface area contributed by atoms with Crippen molar-refractivity contribution in [3.8, 4) is 17.2 Å². The third-order valence-electron chi connectivity index (χ3n) is 5.94. The van der Waals surface area contributed by atoms with E-state index in [4.69, 9.17) is 18.9 Å². The van der Waals surface area contributed by atoms with Crippen LogP contribution in [0.5, 0.6) is 17.2 Å². The predicted molar refractivity (Wildman–Crippen MR) is 118 cm³/mol. The number of Topliss-reactive ketones (excluding diaryl/α,β-unsaturated/α-hetero) is 1. The van der Waals surface area contributed by atoms with Crippen molar-refractivity contribution in [2.75, 3.05) is 7.11 Å². The SMILES string of the molecule is COC1O[C@@H](Oc2ccc3cc2Oc2ccc(cc2)CCC(=O)CC(O)CC3)[C@@H](O)C[C@H]1O. The molecule has 3 aliphatic rings. The summed E-state index contributed by atoms with van der Waals surface area (Å²) in [5, 5.41) is 30.6. The van der Waals surface area contributed by atoms with Gasteiger partial charge in [0.1, 0.15) is 23.7 Å². The monoisotopic (exact) mass is 458 g/mol. The number of methoxy groups -OCH3 is 1. The van der Waals surface area contributed by atoms with E-state index in [1.165, 1.54) is 7.11 Å². The summed E-state index contributed by atoms with van der Waals surface area (Å²) in [6, 6.07) is 12.8. The third kappa shape index (κ3) is 6.10. The van der Waals surface area contributed by atoms with Crippen molar-refractivity contribution in [2.45, 2.75) is 69.4 Å². The number of carbonyl (C=O) groups excluding carboxylic acids is 1. The Morgan fingerprint density at radius 3 is 2.39 bits per heavy atom. The maximum Gasteiger partial charge on any atom is 0.228 e. The maximum absolute atomic E-state index is 12.2. The lowest BCUT2D eigenvalue weighted by Crippen LogP contribution is -2.50. The Bertz CT molecular complexity index is 944. The van der Waals surface area contributed by atoms with E-state index in [2.05, 4.69) is 0 Å². The number of fused-ring (bicyclic) bond motifs is 8. The van der Waals surface area contributed by atoms with Gasteiger partial charge < -0.3 is 34.3 Å². The molecule has 0 radical (unpaired) electrons. The van der Waals surface area contributed by atoms with Crippen molar-refractivity contribution in [2.24, 2.45) is 0 Å². The third-order valence-corrected chi connectivity index (χ3v) is 5.94. The number of hydrogen-bond acceptors (Lipinski definition) is 8. The van der Waals surface area contributed by atoms with Crippen LogP contribution >= 0.6 is 0 Å². The summed E-state index contributed by atoms with van der Waals surface area (Å²) in [7, 11) is 1.41. The number of aliphatic hydroxyl groups excluding tert-OH is 3. The molecule has 2 aromatic carbocycles. The molecule has 3 N–H and O–H groups in total. The number of benzene rings is 2. The average Bonchev–Trinajstić information content (AvgIpc) is 2.80. The van der Waals surface area contributed by atoms with Crippen molar-refractivity contribution < 1.29 is 39.1 Å². The van der Waals surface area contributed by atoms with Gasteiger partial charge in [-0.3, -0.25) is 4.79 Å². The summed E-state index contributed by atoms with van der Waals surface area (Å²) in [5.41, 5.74) is 1.92. The molecule has 0 saturated carbocycles. The van der Waals surface area contributed by atoms with Crippen LogP contribution in [-0.2, 0) is 27.1 Å². The molecule has 0 aliphatic carbocycles. The second-order valence-corrected chi connectivity index (χ2v) is 8.56. The van der Waals surface area contributed by atoms with E-state index in [1.807, 2.05) is 36.4 Å². The molecule has 4 bridgehead atoms. The average molecular weight is 459 g/mol. The molecule has 3 aliphatic heterocycles. The number of hydrogen-bond donors (Lipinski definition) is 3. The lowest BCUT2D eigenvalue weighted by Gasteiger charge is -2.36. The van der Waals surface area contributed by atoms with Crippen molar-refractivity contribution in [3.63, 3.8) is 0 Å². The van der Waals surface area contributed by atoms with E-state index in [1.54, 1.807) is 6.07 Å². The number of ketones is 1. The summed E-state index contributed by atoms with van der Waals surface area (Å²) < 4.78 is 22.7. The van der Waals surface area contributed by atoms with E-state index in [-0.39, 0.29) is 18.6 Å². The van der Waals surface area contributed by atoms with Crippen molar-refractivity contribution >= 4 is 5.78 Å². The second kappa shape index (κ2) is 10.6. The highest BCUT2D eigenvalue weighted by atomic mass is 16.8. The Morgan fingerprint density at radius 2 is 1.64 bits per heavy atom. The van der Waals surface area contributed by atoms with Crippen molar-refractivity contribution in [3.05, 3.63) is 53.6 Å². The van der Waals surface area contributed by atoms with Crippen LogP contribution in [0, 0.1) is 0 Å². The zero-order chi connectivity index (χ0) is 23.4. The minimum Gasteiger partial charge on any atom is -0.458 e. The van der Waals surface area contributed by atoms with E-state index < -0.39 is 30.9 Å². The van der Waals surface area contributed by atoms with Gasteiger partial charge in [0.15, 0.2) is 17.8 Å². The molecule has 8 nitrogen and oxygen atoms in total. The maximum atomic E-state index is 12.2. The van der Waals surface area contributed by atoms with Gasteiger partial charge in [0.05, 0.1) is 6.10 Å². The largest absolute Gasteiger partial charge is 0.458 e. The van der Waals surface area contributed by atoms with E-state index in [9.17, 15) is 20.1 Å². The first kappa shape index (κ1) is 23.7. The first-order valence-corrected chi connectivity index (χ1v) is 11.2. The normalized spacial score (nSPS) is 28.5. The van der Waals surface area contributed by atoms with Gasteiger partial charge in [-0.2, -0.15) is 0 Å². The Kier molecular flexibility index (Phi) is 7.62. The zero-order valence-corrected chi connectivity index (χ0v) is 18.6. The summed E-state index contributed by atoms with van der Waals surface area (Å²) in [6.07, 6.45) is -2.45. The number of ether oxygens (including phenoxy) is 4. The van der Waals surface area contributed by atoms with Crippen LogP contribution in [-0.4, -0.2) is 59.1 Å². The molecule has 2 unspecified atom stereocenters. The second-order valence-electron chi connectivity index (χ2n) is 8.56. The molecule has 1 fully saturated rings. The van der Waals surface area contributed by atoms with Crippen LogP contribution in [0.1, 0.15) is 36.8 Å². The Balaban J connectivity index is 1.60. The zero-order valence-electron chi connectivity index (χ0n) is 18.6. The molecule has 2 aromatic rings. The number of carbonyl (C=O) groups is 1. The Labute approximate surface area is 192 Å². The van der Waals surface area contributed by atoms with Crippen molar-refractivity contribution in [1.29, 1.82) is 0 Å². The highest BCUT2D eigenvalue weighted by Gasteiger charge is 2.38. The van der Waals surface area contributed by atoms with Gasteiger partial charge >= 0.3 is 0 Å². The lowest BCUT2D eigenvalue weighted by atomic mass is 10.00. The summed E-state index contributed by atoms with van der Waals surface area (Å²) >= 11 is 0. The van der Waals surface area contributed by atoms with Gasteiger partial charge in [-0.05, 0) is 54.7 Å². The molecule has 0 spiro atoms. The molecular weight excluding hydrogens is 428 g/mol. The molecule has 1 saturated heterocycles. The fourth-order valence-electron chi connectivity index (χ4n) is 4.05. The van der Waals surface area contributed by atoms with Gasteiger partial charge in [0.25, 0.3) is 0 Å². The van der Waals surface area contributed by atoms with E-state index >= 15 is 0 Å². The number of aliphatic hydroxyl groups is 3. The highest BCUT2D eigenvalue weighted by molar-refractivity contribution is 5.79. The summed E-state index contributed by atoms with van der Waals surface area (Å²) in [4.78, 5) is 12.2. The molecule has 5 atom stereocenters. The molecule has 0 aromatic heterocycles. The summed E-state index contributed by atoms with van der Waals surface area (Å²) in [5.74, 6) is 1.43. The highest BCUT2D eigenvalue weighted by Crippen LogP contribution is 2.36. The molecule has 178 valence electrons. The van der Waals surface area contributed by atoms with Crippen LogP contribution in [0.2, 0.25) is 0 Å². The fraction of sp³-hybridized carbons (Fsp3) is 0.480. The smallest absolute Gasteiger partial charge is 0.228 e. The first-order valence-electron chi connectivity index (χ1n) is 11.2. The van der Waals surface area contributed by atoms with E-state index in [0.717, 1.165) is 11.1 Å². The minimum atomic E-state index is -1.05. The quantitative estimate of drug-likeness (QED) is 0.643. The van der Waals surface area contributed by atoms with Gasteiger partial charge in [0, 0.05) is 26.4 Å². The van der Waals surface area contributed by atoms with Crippen LogP contribution < -0.4 is 9.47 Å². The lowest BCUT2D eigenvalue weighted by molar-refractivity contribution is -0.299. The van der Waals surface area contributed by atoms with Gasteiger partial charge in [0.2, 0.25) is 6.29 Å². The van der Waals surface area contributed by atoms with Gasteiger partial charge in [-0.1, -0.05) is 18.2 Å². The van der Waals surface area contributed by atoms with Gasteiger partial charge in [-0.15, -0.1) is 0 Å². The molecular formula is C25H30O8. The Hall–Kier alpha value is -2.49. The molecule has 33 heavy (non-hydrogen) atoms. The molecule has 0 amide bonds. The summed E-state index contributed by atoms with van der Waals surface area (Å²) in [6.45, 7) is 0. The molecule has 3 heterocycles. The van der Waals surface area contributed by atoms with Gasteiger partial charge in [-0.25, -0.2) is 0 Å². The fourth-order valence-corrected chi connectivity index (χ4v) is 4.05. The molecule has 5 rings (SSSR count). The van der Waals surface area contributed by atoms with E-state index in [0.29, 0.717) is 42.9 Å². The van der Waals surface area contributed by atoms with Crippen LogP contribution in [0.4, 0.5) is 0 Å². The van der Waals surface area contributed by atoms with Crippen molar-refractivity contribution in [1.82, 2.24) is 0 Å². The first-order chi connectivity index (χ1) is 15.9. The Morgan fingerprint density at radius 1 is 0.909 bits per heavy atom. The predicted octanol–water partition coefficient (Wildman–Crippen LogP) is 2.50. The van der Waals surface area contributed by atoms with Crippen LogP contribution in [0.3, 0.4) is 0 Å². The van der Waals surface area contributed by atoms with Crippen LogP contribution in [0.15, 0.2) is 42.5 Å². The minimum absolute atomic E-state index is 0.0488. The molecule has 8 heteroatoms. The number of aryl methyl sites for hydroxylation is 2. The topological polar surface area (TPSA) is 115 Å². The van der Waals surface area contributed by atoms with Crippen LogP contribution in [0.25, 0.3) is 0 Å².